The molecule has 0 bridgehead atoms. The summed E-state index contributed by atoms with van der Waals surface area (Å²) in [5, 5.41) is 4.09. The zero-order chi connectivity index (χ0) is 19.7. The molecule has 4 rings (SSSR count). The van der Waals surface area contributed by atoms with Gasteiger partial charge in [-0.3, -0.25) is 14.3 Å². The number of rotatable bonds is 3. The Bertz CT molecular complexity index is 938. The molecule has 0 radical (unpaired) electrons. The van der Waals surface area contributed by atoms with Crippen LogP contribution < -0.4 is 16.1 Å². The molecule has 1 saturated carbocycles. The molecule has 3 heterocycles. The maximum absolute atomic E-state index is 12.3. The lowest BCUT2D eigenvalue weighted by atomic mass is 9.90. The van der Waals surface area contributed by atoms with Gasteiger partial charge in [-0.1, -0.05) is 0 Å². The van der Waals surface area contributed by atoms with E-state index >= 15 is 0 Å². The van der Waals surface area contributed by atoms with Gasteiger partial charge in [0.15, 0.2) is 0 Å². The summed E-state index contributed by atoms with van der Waals surface area (Å²) >= 11 is 0. The number of piperazine rings is 1. The van der Waals surface area contributed by atoms with Crippen LogP contribution in [0.15, 0.2) is 28.0 Å². The molecule has 1 saturated heterocycles. The summed E-state index contributed by atoms with van der Waals surface area (Å²) in [7, 11) is 1.51. The predicted molar refractivity (Wildman–Crippen MR) is 106 cm³/mol. The summed E-state index contributed by atoms with van der Waals surface area (Å²) in [6.45, 7) is 5.87. The Morgan fingerprint density at radius 1 is 1.00 bits per heavy atom. The topological polar surface area (TPSA) is 89.2 Å². The van der Waals surface area contributed by atoms with Crippen molar-refractivity contribution in [2.75, 3.05) is 31.1 Å². The van der Waals surface area contributed by atoms with E-state index in [1.165, 1.54) is 17.9 Å². The maximum Gasteiger partial charge on any atom is 0.347 e. The van der Waals surface area contributed by atoms with Crippen LogP contribution in [0.3, 0.4) is 0 Å². The van der Waals surface area contributed by atoms with Gasteiger partial charge in [0.2, 0.25) is 5.95 Å². The first kappa shape index (κ1) is 18.8. The fraction of sp³-hybridized carbons (Fsp3) is 0.632. The third kappa shape index (κ3) is 3.71. The summed E-state index contributed by atoms with van der Waals surface area (Å²) < 4.78 is 2.62. The van der Waals surface area contributed by atoms with Crippen molar-refractivity contribution in [3.05, 3.63) is 45.0 Å². The number of nitrogens with zero attached hydrogens (tertiary/aromatic N) is 7. The lowest BCUT2D eigenvalue weighted by Crippen LogP contribution is -2.52. The molecule has 0 aromatic carbocycles. The van der Waals surface area contributed by atoms with Gasteiger partial charge < -0.3 is 4.90 Å². The van der Waals surface area contributed by atoms with Crippen molar-refractivity contribution in [1.82, 2.24) is 29.2 Å². The second kappa shape index (κ2) is 7.83. The molecule has 2 fully saturated rings. The van der Waals surface area contributed by atoms with Gasteiger partial charge in [0.25, 0.3) is 5.56 Å². The predicted octanol–water partition coefficient (Wildman–Crippen LogP) is 0.346. The van der Waals surface area contributed by atoms with Gasteiger partial charge in [-0.2, -0.15) is 5.10 Å². The van der Waals surface area contributed by atoms with Crippen LogP contribution in [0.5, 0.6) is 0 Å². The molecule has 150 valence electrons. The Kier molecular flexibility index (Phi) is 5.25. The van der Waals surface area contributed by atoms with Gasteiger partial charge in [0.1, 0.15) is 6.20 Å². The zero-order valence-electron chi connectivity index (χ0n) is 16.5. The van der Waals surface area contributed by atoms with E-state index in [0.717, 1.165) is 68.1 Å². The number of hydrogen-bond donors (Lipinski definition) is 0. The highest BCUT2D eigenvalue weighted by atomic mass is 16.2. The van der Waals surface area contributed by atoms with Crippen LogP contribution >= 0.6 is 0 Å². The van der Waals surface area contributed by atoms with E-state index in [2.05, 4.69) is 24.9 Å². The second-order valence-electron chi connectivity index (χ2n) is 7.75. The quantitative estimate of drug-likeness (QED) is 0.753. The standard InChI is InChI=1S/C19H27N7O2/c1-14-7-8-20-18(22-14)25-11-9-24(10-12-25)15-3-5-16(6-4-15)26-19(28)23(2)17(27)13-21-26/h7-8,13,15-16H,3-6,9-12H2,1-2H3. The molecule has 0 N–H and O–H groups in total. The van der Waals surface area contributed by atoms with Crippen LogP contribution in [0.1, 0.15) is 37.4 Å². The fourth-order valence-electron chi connectivity index (χ4n) is 4.29. The first-order chi connectivity index (χ1) is 13.5. The minimum atomic E-state index is -0.356. The van der Waals surface area contributed by atoms with Crippen molar-refractivity contribution in [2.45, 2.75) is 44.7 Å². The Balaban J connectivity index is 1.33. The minimum absolute atomic E-state index is 0.0810. The van der Waals surface area contributed by atoms with Gasteiger partial charge in [-0.15, -0.1) is 0 Å². The van der Waals surface area contributed by atoms with Crippen LogP contribution in [0.25, 0.3) is 0 Å². The van der Waals surface area contributed by atoms with Crippen LogP contribution in [0.4, 0.5) is 5.95 Å². The summed E-state index contributed by atoms with van der Waals surface area (Å²) in [4.78, 5) is 37.6. The van der Waals surface area contributed by atoms with E-state index in [-0.39, 0.29) is 17.3 Å². The molecule has 0 amide bonds. The highest BCUT2D eigenvalue weighted by Crippen LogP contribution is 2.30. The number of aryl methyl sites for hydroxylation is 1. The fourth-order valence-corrected chi connectivity index (χ4v) is 4.29. The van der Waals surface area contributed by atoms with Crippen molar-refractivity contribution >= 4 is 5.95 Å². The lowest BCUT2D eigenvalue weighted by molar-refractivity contribution is 0.125. The highest BCUT2D eigenvalue weighted by Gasteiger charge is 2.30. The normalized spacial score (nSPS) is 23.7. The van der Waals surface area contributed by atoms with E-state index < -0.39 is 0 Å². The molecule has 1 aliphatic heterocycles. The average molecular weight is 385 g/mol. The SMILES string of the molecule is Cc1ccnc(N2CCN(C3CCC(n4ncc(=O)n(C)c4=O)CC3)CC2)n1. The molecule has 0 unspecified atom stereocenters. The summed E-state index contributed by atoms with van der Waals surface area (Å²) in [5.74, 6) is 0.823. The lowest BCUT2D eigenvalue weighted by Gasteiger charge is -2.42. The Morgan fingerprint density at radius 3 is 2.36 bits per heavy atom. The monoisotopic (exact) mass is 385 g/mol. The molecule has 2 aromatic rings. The Hall–Kier alpha value is -2.55. The summed E-state index contributed by atoms with van der Waals surface area (Å²) in [6, 6.07) is 2.54. The molecule has 9 heteroatoms. The molecule has 28 heavy (non-hydrogen) atoms. The van der Waals surface area contributed by atoms with Crippen molar-refractivity contribution in [2.24, 2.45) is 7.05 Å². The van der Waals surface area contributed by atoms with E-state index in [1.54, 1.807) is 0 Å². The minimum Gasteiger partial charge on any atom is -0.338 e. The largest absolute Gasteiger partial charge is 0.347 e. The van der Waals surface area contributed by atoms with Gasteiger partial charge in [-0.25, -0.2) is 19.4 Å². The first-order valence-corrected chi connectivity index (χ1v) is 9.96. The van der Waals surface area contributed by atoms with Crippen molar-refractivity contribution in [3.63, 3.8) is 0 Å². The van der Waals surface area contributed by atoms with Crippen LogP contribution in [0, 0.1) is 6.92 Å². The van der Waals surface area contributed by atoms with Crippen LogP contribution in [-0.2, 0) is 7.05 Å². The van der Waals surface area contributed by atoms with Crippen molar-refractivity contribution in [3.8, 4) is 0 Å². The van der Waals surface area contributed by atoms with Crippen molar-refractivity contribution < 1.29 is 0 Å². The van der Waals surface area contributed by atoms with Gasteiger partial charge in [0, 0.05) is 51.2 Å². The van der Waals surface area contributed by atoms with E-state index in [0.29, 0.717) is 6.04 Å². The zero-order valence-corrected chi connectivity index (χ0v) is 16.5. The van der Waals surface area contributed by atoms with Crippen molar-refractivity contribution in [1.29, 1.82) is 0 Å². The van der Waals surface area contributed by atoms with Gasteiger partial charge >= 0.3 is 5.69 Å². The Labute approximate surface area is 163 Å². The Morgan fingerprint density at radius 2 is 1.68 bits per heavy atom. The molecular formula is C19H27N7O2. The van der Waals surface area contributed by atoms with Crippen LogP contribution in [-0.4, -0.2) is 61.4 Å². The van der Waals surface area contributed by atoms with Gasteiger partial charge in [-0.05, 0) is 38.7 Å². The maximum atomic E-state index is 12.3. The molecular weight excluding hydrogens is 358 g/mol. The van der Waals surface area contributed by atoms with E-state index in [9.17, 15) is 9.59 Å². The third-order valence-corrected chi connectivity index (χ3v) is 6.01. The average Bonchev–Trinajstić information content (AvgIpc) is 2.73. The number of aromatic nitrogens is 5. The van der Waals surface area contributed by atoms with Crippen LogP contribution in [0.2, 0.25) is 0 Å². The molecule has 2 aliphatic rings. The molecule has 0 atom stereocenters. The first-order valence-electron chi connectivity index (χ1n) is 9.96. The van der Waals surface area contributed by atoms with Gasteiger partial charge in [0.05, 0.1) is 6.04 Å². The molecule has 0 spiro atoms. The highest BCUT2D eigenvalue weighted by molar-refractivity contribution is 5.30. The van der Waals surface area contributed by atoms with E-state index in [1.807, 2.05) is 19.2 Å². The smallest absolute Gasteiger partial charge is 0.338 e. The van der Waals surface area contributed by atoms with E-state index in [4.69, 9.17) is 0 Å². The molecule has 9 nitrogen and oxygen atoms in total. The molecule has 2 aromatic heterocycles. The summed E-state index contributed by atoms with van der Waals surface area (Å²) in [6.07, 6.45) is 6.97. The summed E-state index contributed by atoms with van der Waals surface area (Å²) in [5.41, 5.74) is 0.320. The number of anilines is 1. The second-order valence-corrected chi connectivity index (χ2v) is 7.75. The molecule has 1 aliphatic carbocycles. The number of hydrogen-bond acceptors (Lipinski definition) is 7. The third-order valence-electron chi connectivity index (χ3n) is 6.01.